The van der Waals surface area contributed by atoms with E-state index in [9.17, 15) is 4.79 Å². The van der Waals surface area contributed by atoms with Crippen molar-refractivity contribution >= 4 is 33.0 Å². The van der Waals surface area contributed by atoms with E-state index in [1.165, 1.54) is 4.57 Å². The van der Waals surface area contributed by atoms with Gasteiger partial charge in [0.15, 0.2) is 5.58 Å². The number of aryl methyl sites for hydroxylation is 1. The molecular weight excluding hydrogens is 312 g/mol. The number of halogens is 1. The van der Waals surface area contributed by atoms with Crippen LogP contribution in [0.3, 0.4) is 0 Å². The van der Waals surface area contributed by atoms with Gasteiger partial charge in [0.25, 0.3) is 0 Å². The molecule has 0 amide bonds. The van der Waals surface area contributed by atoms with Crippen LogP contribution in [0.15, 0.2) is 32.0 Å². The maximum atomic E-state index is 11.5. The van der Waals surface area contributed by atoms with Crippen molar-refractivity contribution in [1.29, 1.82) is 0 Å². The molecular formula is C12H11BrN4O2. The van der Waals surface area contributed by atoms with Crippen LogP contribution < -0.4 is 11.5 Å². The maximum Gasteiger partial charge on any atom is 0.419 e. The van der Waals surface area contributed by atoms with Gasteiger partial charge in [-0.1, -0.05) is 6.07 Å². The van der Waals surface area contributed by atoms with Crippen molar-refractivity contribution in [2.75, 3.05) is 5.73 Å². The highest BCUT2D eigenvalue weighted by molar-refractivity contribution is 9.10. The summed E-state index contributed by atoms with van der Waals surface area (Å²) in [6.45, 7) is 0. The molecule has 0 atom stereocenters. The zero-order valence-corrected chi connectivity index (χ0v) is 11.9. The normalized spacial score (nSPS) is 11.3. The molecule has 7 heteroatoms. The first-order valence-electron chi connectivity index (χ1n) is 5.56. The molecule has 3 aromatic rings. The van der Waals surface area contributed by atoms with E-state index in [2.05, 4.69) is 20.9 Å². The second-order valence-electron chi connectivity index (χ2n) is 4.28. The minimum absolute atomic E-state index is 0.379. The molecule has 0 aliphatic heterocycles. The Hall–Kier alpha value is -2.02. The third kappa shape index (κ3) is 1.69. The van der Waals surface area contributed by atoms with Gasteiger partial charge in [0.05, 0.1) is 11.2 Å². The molecule has 0 aliphatic carbocycles. The van der Waals surface area contributed by atoms with Crippen LogP contribution in [0.2, 0.25) is 0 Å². The quantitative estimate of drug-likeness (QED) is 0.741. The summed E-state index contributed by atoms with van der Waals surface area (Å²) in [6, 6.07) is 5.54. The summed E-state index contributed by atoms with van der Waals surface area (Å²) in [5.74, 6) is 0.0345. The van der Waals surface area contributed by atoms with Gasteiger partial charge in [-0.25, -0.2) is 9.78 Å². The number of benzene rings is 1. The highest BCUT2D eigenvalue weighted by Gasteiger charge is 2.14. The second-order valence-corrected chi connectivity index (χ2v) is 5.03. The van der Waals surface area contributed by atoms with Crippen LogP contribution in [0.4, 0.5) is 5.95 Å². The number of rotatable bonds is 1. The largest absolute Gasteiger partial charge is 0.419 e. The number of hydrogen-bond acceptors (Lipinski definition) is 4. The Kier molecular flexibility index (Phi) is 2.53. The van der Waals surface area contributed by atoms with Crippen LogP contribution in [0, 0.1) is 0 Å². The van der Waals surface area contributed by atoms with Gasteiger partial charge < -0.3 is 14.7 Å². The van der Waals surface area contributed by atoms with E-state index in [-0.39, 0.29) is 5.76 Å². The van der Waals surface area contributed by atoms with Crippen molar-refractivity contribution in [2.45, 2.75) is 0 Å². The molecule has 0 unspecified atom stereocenters. The highest BCUT2D eigenvalue weighted by Crippen LogP contribution is 2.31. The van der Waals surface area contributed by atoms with E-state index in [1.54, 1.807) is 17.7 Å². The summed E-state index contributed by atoms with van der Waals surface area (Å²) in [5, 5.41) is 0. The Morgan fingerprint density at radius 3 is 2.68 bits per heavy atom. The van der Waals surface area contributed by atoms with Crippen LogP contribution in [0.1, 0.15) is 0 Å². The van der Waals surface area contributed by atoms with Gasteiger partial charge in [0.1, 0.15) is 4.60 Å². The third-order valence-electron chi connectivity index (χ3n) is 3.15. The minimum Gasteiger partial charge on any atom is -0.408 e. The van der Waals surface area contributed by atoms with Gasteiger partial charge >= 0.3 is 5.76 Å². The number of nitrogen functional groups attached to an aromatic ring is 1. The molecule has 2 heterocycles. The average molecular weight is 323 g/mol. The molecule has 1 aromatic carbocycles. The van der Waals surface area contributed by atoms with E-state index in [0.29, 0.717) is 16.1 Å². The van der Waals surface area contributed by atoms with Crippen LogP contribution in [0.5, 0.6) is 0 Å². The van der Waals surface area contributed by atoms with E-state index >= 15 is 0 Å². The zero-order valence-electron chi connectivity index (χ0n) is 10.3. The molecule has 0 saturated carbocycles. The Morgan fingerprint density at radius 2 is 2.05 bits per heavy atom. The zero-order chi connectivity index (χ0) is 13.7. The standard InChI is InChI=1S/C12H11BrN4O2/c1-16-7-4-3-6(5-8(7)19-12(16)18)9-10(13)15-11(14)17(9)2/h3-5H,1-2H3,(H2,14,15). The molecule has 0 radical (unpaired) electrons. The lowest BCUT2D eigenvalue weighted by molar-refractivity contribution is 0.528. The van der Waals surface area contributed by atoms with Gasteiger partial charge in [-0.15, -0.1) is 0 Å². The number of oxazole rings is 1. The molecule has 2 N–H and O–H groups in total. The number of aromatic nitrogens is 3. The lowest BCUT2D eigenvalue weighted by Crippen LogP contribution is -2.08. The summed E-state index contributed by atoms with van der Waals surface area (Å²) >= 11 is 3.38. The van der Waals surface area contributed by atoms with Gasteiger partial charge in [0.2, 0.25) is 5.95 Å². The summed E-state index contributed by atoms with van der Waals surface area (Å²) in [4.78, 5) is 15.6. The average Bonchev–Trinajstić information content (AvgIpc) is 2.78. The van der Waals surface area contributed by atoms with Crippen molar-refractivity contribution in [3.8, 4) is 11.3 Å². The summed E-state index contributed by atoms with van der Waals surface area (Å²) in [5.41, 5.74) is 8.77. The van der Waals surface area contributed by atoms with Crippen molar-refractivity contribution < 1.29 is 4.42 Å². The van der Waals surface area contributed by atoms with Gasteiger partial charge in [-0.3, -0.25) is 4.57 Å². The molecule has 0 spiro atoms. The smallest absolute Gasteiger partial charge is 0.408 e. The third-order valence-corrected chi connectivity index (χ3v) is 3.71. The van der Waals surface area contributed by atoms with Crippen molar-refractivity contribution in [3.63, 3.8) is 0 Å². The first-order valence-corrected chi connectivity index (χ1v) is 6.36. The first kappa shape index (κ1) is 12.0. The Bertz CT molecular complexity index is 843. The second kappa shape index (κ2) is 3.99. The monoisotopic (exact) mass is 322 g/mol. The van der Waals surface area contributed by atoms with Gasteiger partial charge in [-0.2, -0.15) is 0 Å². The number of anilines is 1. The van der Waals surface area contributed by atoms with Crippen LogP contribution in [-0.4, -0.2) is 14.1 Å². The summed E-state index contributed by atoms with van der Waals surface area (Å²) in [6.07, 6.45) is 0. The predicted molar refractivity (Wildman–Crippen MR) is 75.8 cm³/mol. The van der Waals surface area contributed by atoms with Crippen molar-refractivity contribution in [3.05, 3.63) is 33.4 Å². The van der Waals surface area contributed by atoms with E-state index < -0.39 is 0 Å². The van der Waals surface area contributed by atoms with Crippen molar-refractivity contribution in [1.82, 2.24) is 14.1 Å². The van der Waals surface area contributed by atoms with Crippen LogP contribution in [0.25, 0.3) is 22.4 Å². The van der Waals surface area contributed by atoms with Crippen LogP contribution >= 0.6 is 15.9 Å². The SMILES string of the molecule is Cn1c(N)nc(Br)c1-c1ccc2c(c1)oc(=O)n2C. The molecule has 0 aliphatic rings. The van der Waals surface area contributed by atoms with E-state index in [4.69, 9.17) is 10.2 Å². The number of nitrogens with zero attached hydrogens (tertiary/aromatic N) is 3. The Labute approximate surface area is 116 Å². The summed E-state index contributed by atoms with van der Waals surface area (Å²) in [7, 11) is 3.50. The Morgan fingerprint density at radius 1 is 1.32 bits per heavy atom. The minimum atomic E-state index is -0.379. The molecule has 0 saturated heterocycles. The number of imidazole rings is 1. The molecule has 2 aromatic heterocycles. The lowest BCUT2D eigenvalue weighted by Gasteiger charge is -2.04. The fourth-order valence-electron chi connectivity index (χ4n) is 2.08. The topological polar surface area (TPSA) is 79.0 Å². The Balaban J connectivity index is 2.29. The van der Waals surface area contributed by atoms with Gasteiger partial charge in [0, 0.05) is 19.7 Å². The summed E-state index contributed by atoms with van der Waals surface area (Å²) < 4.78 is 9.07. The first-order chi connectivity index (χ1) is 8.99. The molecule has 19 heavy (non-hydrogen) atoms. The van der Waals surface area contributed by atoms with E-state index in [0.717, 1.165) is 16.8 Å². The van der Waals surface area contributed by atoms with Crippen molar-refractivity contribution in [2.24, 2.45) is 14.1 Å². The maximum absolute atomic E-state index is 11.5. The number of nitrogens with two attached hydrogens (primary N) is 1. The molecule has 6 nitrogen and oxygen atoms in total. The highest BCUT2D eigenvalue weighted by atomic mass is 79.9. The fraction of sp³-hybridized carbons (Fsp3) is 0.167. The molecule has 3 rings (SSSR count). The molecule has 0 bridgehead atoms. The molecule has 98 valence electrons. The van der Waals surface area contributed by atoms with Gasteiger partial charge in [-0.05, 0) is 28.1 Å². The number of fused-ring (bicyclic) bond motifs is 1. The fourth-order valence-corrected chi connectivity index (χ4v) is 2.75. The molecule has 0 fully saturated rings. The lowest BCUT2D eigenvalue weighted by atomic mass is 10.1. The predicted octanol–water partition coefficient (Wildman–Crippen LogP) is 1.88. The number of hydrogen-bond donors (Lipinski definition) is 1. The van der Waals surface area contributed by atoms with E-state index in [1.807, 2.05) is 19.2 Å². The van der Waals surface area contributed by atoms with Crippen LogP contribution in [-0.2, 0) is 14.1 Å².